The Morgan fingerprint density at radius 2 is 0.585 bits per heavy atom. The summed E-state index contributed by atoms with van der Waals surface area (Å²) in [6, 6.07) is 36.0. The molecule has 4 N–H and O–H groups in total. The van der Waals surface area contributed by atoms with Gasteiger partial charge in [-0.05, 0) is 84.9 Å². The third-order valence-electron chi connectivity index (χ3n) is 10.2. The van der Waals surface area contributed by atoms with Gasteiger partial charge in [-0.3, -0.25) is 0 Å². The lowest BCUT2D eigenvalue weighted by Crippen LogP contribution is -1.98. The summed E-state index contributed by atoms with van der Waals surface area (Å²) in [5.74, 6) is 3.49. The zero-order valence-electron chi connectivity index (χ0n) is 32.9. The van der Waals surface area contributed by atoms with Crippen LogP contribution in [0.4, 0.5) is 0 Å². The number of aromatic amines is 4. The fourth-order valence-electron chi connectivity index (χ4n) is 7.45. The normalized spacial score (nSPS) is 11.4. The molecule has 0 fully saturated rings. The second-order valence-corrected chi connectivity index (χ2v) is 22.0. The van der Waals surface area contributed by atoms with Crippen molar-refractivity contribution >= 4 is 127 Å². The second kappa shape index (κ2) is 18.8. The van der Waals surface area contributed by atoms with Gasteiger partial charge >= 0.3 is 0 Å². The first-order valence-electron chi connectivity index (χ1n) is 19.4. The lowest BCUT2D eigenvalue weighted by molar-refractivity contribution is 0.486. The Bertz CT molecular complexity index is 3140. The van der Waals surface area contributed by atoms with Gasteiger partial charge in [-0.25, -0.2) is 19.9 Å². The predicted molar refractivity (Wildman–Crippen MR) is 287 cm³/mol. The van der Waals surface area contributed by atoms with E-state index in [0.29, 0.717) is 45.9 Å². The van der Waals surface area contributed by atoms with Crippen LogP contribution < -0.4 is 4.74 Å². The molecular weight excluding hydrogens is 1340 g/mol. The summed E-state index contributed by atoms with van der Waals surface area (Å²) in [4.78, 5) is 34.4. The molecule has 9 nitrogen and oxygen atoms in total. The molecule has 4 aromatic heterocycles. The van der Waals surface area contributed by atoms with E-state index >= 15 is 0 Å². The van der Waals surface area contributed by atoms with Gasteiger partial charge in [-0.1, -0.05) is 152 Å². The van der Waals surface area contributed by atoms with Crippen LogP contribution in [0.15, 0.2) is 170 Å². The van der Waals surface area contributed by atoms with E-state index < -0.39 is 0 Å². The summed E-state index contributed by atoms with van der Waals surface area (Å²) >= 11 is 29.1. The largest absolute Gasteiger partial charge is 0.456 e. The number of halogens is 8. The molecule has 0 radical (unpaired) electrons. The van der Waals surface area contributed by atoms with Gasteiger partial charge in [0.05, 0.1) is 33.9 Å². The van der Waals surface area contributed by atoms with Crippen LogP contribution in [-0.4, -0.2) is 39.9 Å². The average Bonchev–Trinajstić information content (AvgIpc) is 4.10. The minimum Gasteiger partial charge on any atom is -0.456 e. The molecular formula is C48H26Br8N8O. The SMILES string of the molecule is Brc1cc(Br)cc(-c2c[nH]c(-c3cccc(Oc4cccc(-c5nc(-c6cc(Br)cc(Br)c6)c[nH]5)c4-c4nc(-c5cc(Br)cc(Br)c5)c[nH]4)c3-c3nc(-c4cc(Br)cc(Br)c4)c[nH]3)n2)c1. The van der Waals surface area contributed by atoms with Crippen molar-refractivity contribution < 1.29 is 4.74 Å². The summed E-state index contributed by atoms with van der Waals surface area (Å²) < 4.78 is 14.6. The predicted octanol–water partition coefficient (Wildman–Crippen LogP) is 17.8. The van der Waals surface area contributed by atoms with Crippen molar-refractivity contribution in [1.29, 1.82) is 0 Å². The summed E-state index contributed by atoms with van der Waals surface area (Å²) in [6.45, 7) is 0. The van der Waals surface area contributed by atoms with Crippen LogP contribution in [0.5, 0.6) is 11.5 Å². The first kappa shape index (κ1) is 44.6. The molecule has 65 heavy (non-hydrogen) atoms. The molecule has 10 aromatic rings. The van der Waals surface area contributed by atoms with Crippen molar-refractivity contribution in [3.8, 4) is 102 Å². The summed E-state index contributed by atoms with van der Waals surface area (Å²) in [5, 5.41) is 0. The van der Waals surface area contributed by atoms with Gasteiger partial charge in [-0.15, -0.1) is 0 Å². The maximum Gasteiger partial charge on any atom is 0.142 e. The van der Waals surface area contributed by atoms with Gasteiger partial charge in [-0.2, -0.15) is 0 Å². The highest BCUT2D eigenvalue weighted by atomic mass is 79.9. The minimum absolute atomic E-state index is 0.530. The van der Waals surface area contributed by atoms with E-state index in [-0.39, 0.29) is 0 Å². The lowest BCUT2D eigenvalue weighted by Gasteiger charge is -2.17. The standard InChI is InChI=1S/C48H26Br8N8O/c49-27-7-23(8-28(50)15-27)37-19-57-45(61-37)35-3-1-5-41(43(35)47-59-21-39(63-47)25-11-31(53)17-32(54)12-25)65-42-6-2-4-36(46-58-20-38(62-46)24-9-29(51)16-30(52)10-24)44(42)48-60-22-40(64-48)26-13-33(55)18-34(56)14-26/h1-22H,(H,57,61)(H,58,62)(H,59,63)(H,60,64). The van der Waals surface area contributed by atoms with E-state index in [4.69, 9.17) is 24.7 Å². The number of aromatic nitrogens is 8. The quantitative estimate of drug-likeness (QED) is 0.109. The Morgan fingerprint density at radius 1 is 0.323 bits per heavy atom. The first-order chi connectivity index (χ1) is 31.4. The van der Waals surface area contributed by atoms with Crippen LogP contribution in [0.3, 0.4) is 0 Å². The van der Waals surface area contributed by atoms with Crippen molar-refractivity contribution in [1.82, 2.24) is 39.9 Å². The Balaban J connectivity index is 1.14. The van der Waals surface area contributed by atoms with Crippen LogP contribution in [-0.2, 0) is 0 Å². The molecule has 17 heteroatoms. The van der Waals surface area contributed by atoms with Crippen molar-refractivity contribution in [2.75, 3.05) is 0 Å². The van der Waals surface area contributed by atoms with Gasteiger partial charge in [0.15, 0.2) is 0 Å². The summed E-state index contributed by atoms with van der Waals surface area (Å²) in [6.07, 6.45) is 7.59. The van der Waals surface area contributed by atoms with Crippen LogP contribution >= 0.6 is 127 Å². The molecule has 0 aliphatic rings. The van der Waals surface area contributed by atoms with Crippen LogP contribution in [0.2, 0.25) is 0 Å². The van der Waals surface area contributed by atoms with Gasteiger partial charge in [0.25, 0.3) is 0 Å². The number of ether oxygens (including phenoxy) is 1. The molecule has 6 aromatic carbocycles. The molecule has 0 bridgehead atoms. The van der Waals surface area contributed by atoms with E-state index in [1.807, 2.05) is 134 Å². The molecule has 4 heterocycles. The molecule has 0 aliphatic carbocycles. The monoisotopic (exact) mass is 1360 g/mol. The van der Waals surface area contributed by atoms with Crippen LogP contribution in [0.25, 0.3) is 90.6 Å². The molecule has 0 saturated carbocycles. The second-order valence-electron chi connectivity index (χ2n) is 14.6. The van der Waals surface area contributed by atoms with Gasteiger partial charge in [0.2, 0.25) is 0 Å². The van der Waals surface area contributed by atoms with Crippen molar-refractivity contribution in [2.24, 2.45) is 0 Å². The summed E-state index contributed by atoms with van der Waals surface area (Å²) in [5.41, 5.74) is 9.68. The topological polar surface area (TPSA) is 124 Å². The fourth-order valence-corrected chi connectivity index (χ4v) is 12.6. The molecule has 320 valence electrons. The average molecular weight is 1370 g/mol. The Hall–Kier alpha value is -4.20. The number of hydrogen-bond acceptors (Lipinski definition) is 5. The van der Waals surface area contributed by atoms with Gasteiger partial charge in [0.1, 0.15) is 34.8 Å². The number of rotatable bonds is 10. The van der Waals surface area contributed by atoms with E-state index in [1.165, 1.54) is 0 Å². The number of hydrogen-bond donors (Lipinski definition) is 4. The molecule has 10 rings (SSSR count). The first-order valence-corrected chi connectivity index (χ1v) is 25.8. The number of nitrogens with one attached hydrogen (secondary N) is 4. The third-order valence-corrected chi connectivity index (χ3v) is 13.9. The molecule has 0 amide bonds. The van der Waals surface area contributed by atoms with Crippen molar-refractivity contribution in [2.45, 2.75) is 0 Å². The van der Waals surface area contributed by atoms with Gasteiger partial charge in [0, 0.05) is 93.9 Å². The fraction of sp³-hybridized carbons (Fsp3) is 0. The van der Waals surface area contributed by atoms with Crippen molar-refractivity contribution in [3.05, 3.63) is 170 Å². The number of nitrogens with zero attached hydrogens (tertiary/aromatic N) is 4. The lowest BCUT2D eigenvalue weighted by atomic mass is 10.0. The van der Waals surface area contributed by atoms with Crippen molar-refractivity contribution in [3.63, 3.8) is 0 Å². The molecule has 0 unspecified atom stereocenters. The van der Waals surface area contributed by atoms with Crippen LogP contribution in [0.1, 0.15) is 0 Å². The molecule has 0 saturated heterocycles. The summed E-state index contributed by atoms with van der Waals surface area (Å²) in [7, 11) is 0. The van der Waals surface area contributed by atoms with E-state index in [9.17, 15) is 0 Å². The maximum atomic E-state index is 7.17. The molecule has 0 spiro atoms. The Labute approximate surface area is 439 Å². The minimum atomic E-state index is 0.530. The Kier molecular flexibility index (Phi) is 12.9. The Morgan fingerprint density at radius 3 is 0.877 bits per heavy atom. The van der Waals surface area contributed by atoms with Crippen LogP contribution in [0, 0.1) is 0 Å². The maximum absolute atomic E-state index is 7.17. The number of imidazole rings is 4. The van der Waals surface area contributed by atoms with E-state index in [2.05, 4.69) is 147 Å². The highest BCUT2D eigenvalue weighted by Gasteiger charge is 2.25. The number of benzene rings is 6. The highest BCUT2D eigenvalue weighted by molar-refractivity contribution is 9.12. The van der Waals surface area contributed by atoms with Gasteiger partial charge < -0.3 is 24.7 Å². The zero-order valence-corrected chi connectivity index (χ0v) is 45.6. The molecule has 0 atom stereocenters. The van der Waals surface area contributed by atoms with E-state index in [1.54, 1.807) is 0 Å². The third kappa shape index (κ3) is 9.66. The molecule has 0 aliphatic heterocycles. The smallest absolute Gasteiger partial charge is 0.142 e. The highest BCUT2D eigenvalue weighted by Crippen LogP contribution is 2.45. The number of H-pyrrole nitrogens is 4. The zero-order chi connectivity index (χ0) is 44.9. The van der Waals surface area contributed by atoms with E-state index in [0.717, 1.165) is 91.9 Å².